The van der Waals surface area contributed by atoms with Crippen LogP contribution in [0.4, 0.5) is 11.4 Å². The van der Waals surface area contributed by atoms with Crippen LogP contribution in [0.15, 0.2) is 117 Å². The Hall–Kier alpha value is -3.44. The summed E-state index contributed by atoms with van der Waals surface area (Å²) in [5, 5.41) is 11.0. The topological polar surface area (TPSA) is 137 Å². The van der Waals surface area contributed by atoms with Gasteiger partial charge in [-0.3, -0.25) is 10.1 Å². The van der Waals surface area contributed by atoms with E-state index in [9.17, 15) is 26.9 Å². The standard InChI is InChI=1S/C12H8ClNO4S.C12H10ClNO2S/c13-11-7-6-10(8-12(11)14(15)16)19(17,18)9-4-2-1-3-5-9;13-11-7-6-10(8-12(11)14)17(15,16)9-4-2-1-3-5-9/h1-8H;1-8H,14H2. The summed E-state index contributed by atoms with van der Waals surface area (Å²) in [5.74, 6) is 0. The van der Waals surface area contributed by atoms with Crippen molar-refractivity contribution in [2.75, 3.05) is 5.73 Å². The van der Waals surface area contributed by atoms with E-state index in [1.807, 2.05) is 0 Å². The van der Waals surface area contributed by atoms with Crippen LogP contribution in [-0.4, -0.2) is 21.8 Å². The zero-order valence-electron chi connectivity index (χ0n) is 18.3. The summed E-state index contributed by atoms with van der Waals surface area (Å²) in [7, 11) is -7.29. The van der Waals surface area contributed by atoms with Crippen LogP contribution < -0.4 is 5.73 Å². The molecule has 0 aromatic heterocycles. The van der Waals surface area contributed by atoms with Crippen molar-refractivity contribution in [2.24, 2.45) is 0 Å². The number of nitro groups is 1. The van der Waals surface area contributed by atoms with E-state index in [1.54, 1.807) is 48.5 Å². The minimum absolute atomic E-state index is 0.0756. The number of sulfone groups is 2. The Morgan fingerprint density at radius 1 is 0.611 bits per heavy atom. The average molecular weight is 565 g/mol. The molecule has 2 N–H and O–H groups in total. The summed E-state index contributed by atoms with van der Waals surface area (Å²) in [4.78, 5) is 10.3. The highest BCUT2D eigenvalue weighted by molar-refractivity contribution is 7.91. The molecule has 0 unspecified atom stereocenters. The average Bonchev–Trinajstić information content (AvgIpc) is 2.87. The molecule has 0 saturated heterocycles. The van der Waals surface area contributed by atoms with Crippen molar-refractivity contribution in [3.63, 3.8) is 0 Å². The van der Waals surface area contributed by atoms with E-state index in [1.165, 1.54) is 42.5 Å². The van der Waals surface area contributed by atoms with Gasteiger partial charge in [0.25, 0.3) is 5.69 Å². The van der Waals surface area contributed by atoms with Gasteiger partial charge in [-0.15, -0.1) is 0 Å². The van der Waals surface area contributed by atoms with Crippen molar-refractivity contribution in [3.05, 3.63) is 117 Å². The quantitative estimate of drug-likeness (QED) is 0.182. The number of nitrogen functional groups attached to an aromatic ring is 1. The Balaban J connectivity index is 0.000000202. The molecular formula is C24H18Cl2N2O6S2. The molecule has 0 aliphatic rings. The second-order valence-electron chi connectivity index (χ2n) is 7.19. The van der Waals surface area contributed by atoms with Gasteiger partial charge in [0.1, 0.15) is 5.02 Å². The third-order valence-electron chi connectivity index (χ3n) is 4.81. The van der Waals surface area contributed by atoms with Crippen LogP contribution in [0.25, 0.3) is 0 Å². The van der Waals surface area contributed by atoms with Crippen LogP contribution >= 0.6 is 23.2 Å². The highest BCUT2D eigenvalue weighted by atomic mass is 35.5. The molecule has 0 aliphatic heterocycles. The first-order chi connectivity index (χ1) is 16.9. The molecule has 0 saturated carbocycles. The van der Waals surface area contributed by atoms with Gasteiger partial charge in [0.15, 0.2) is 0 Å². The molecule has 0 bridgehead atoms. The Labute approximate surface area is 217 Å². The molecular weight excluding hydrogens is 547 g/mol. The normalized spacial score (nSPS) is 11.3. The lowest BCUT2D eigenvalue weighted by molar-refractivity contribution is -0.384. The fraction of sp³-hybridized carbons (Fsp3) is 0. The molecule has 0 atom stereocenters. The van der Waals surface area contributed by atoms with Gasteiger partial charge in [-0.25, -0.2) is 16.8 Å². The third kappa shape index (κ3) is 6.03. The van der Waals surface area contributed by atoms with Crippen LogP contribution in [0.5, 0.6) is 0 Å². The Bertz CT molecular complexity index is 1610. The summed E-state index contributed by atoms with van der Waals surface area (Å²) >= 11 is 11.4. The molecule has 4 aromatic rings. The molecule has 4 rings (SSSR count). The van der Waals surface area contributed by atoms with E-state index in [4.69, 9.17) is 28.9 Å². The Morgan fingerprint density at radius 3 is 1.44 bits per heavy atom. The molecule has 0 amide bonds. The summed E-state index contributed by atoms with van der Waals surface area (Å²) in [6.45, 7) is 0. The van der Waals surface area contributed by atoms with Crippen molar-refractivity contribution in [3.8, 4) is 0 Å². The predicted molar refractivity (Wildman–Crippen MR) is 138 cm³/mol. The molecule has 0 fully saturated rings. The predicted octanol–water partition coefficient (Wildman–Crippen LogP) is 5.84. The number of nitro benzene ring substituents is 1. The van der Waals surface area contributed by atoms with Crippen LogP contribution in [0.2, 0.25) is 10.0 Å². The first-order valence-electron chi connectivity index (χ1n) is 10.0. The van der Waals surface area contributed by atoms with Gasteiger partial charge in [-0.2, -0.15) is 0 Å². The van der Waals surface area contributed by atoms with Gasteiger partial charge in [-0.05, 0) is 54.6 Å². The first-order valence-corrected chi connectivity index (χ1v) is 13.8. The molecule has 0 aliphatic carbocycles. The molecule has 186 valence electrons. The maximum absolute atomic E-state index is 12.3. The highest BCUT2D eigenvalue weighted by Crippen LogP contribution is 2.30. The number of benzene rings is 4. The van der Waals surface area contributed by atoms with Gasteiger partial charge in [-0.1, -0.05) is 59.6 Å². The van der Waals surface area contributed by atoms with Crippen molar-refractivity contribution in [1.82, 2.24) is 0 Å². The maximum Gasteiger partial charge on any atom is 0.289 e. The van der Waals surface area contributed by atoms with Gasteiger partial charge in [0.2, 0.25) is 19.7 Å². The molecule has 4 aromatic carbocycles. The van der Waals surface area contributed by atoms with Crippen molar-refractivity contribution >= 4 is 54.3 Å². The monoisotopic (exact) mass is 564 g/mol. The fourth-order valence-electron chi connectivity index (χ4n) is 2.96. The van der Waals surface area contributed by atoms with Crippen LogP contribution in [0.3, 0.4) is 0 Å². The van der Waals surface area contributed by atoms with Crippen molar-refractivity contribution in [1.29, 1.82) is 0 Å². The second-order valence-corrected chi connectivity index (χ2v) is 11.9. The van der Waals surface area contributed by atoms with E-state index >= 15 is 0 Å². The number of anilines is 1. The minimum Gasteiger partial charge on any atom is -0.397 e. The lowest BCUT2D eigenvalue weighted by atomic mass is 10.3. The lowest BCUT2D eigenvalue weighted by Crippen LogP contribution is -2.02. The Kier molecular flexibility index (Phi) is 8.36. The third-order valence-corrected chi connectivity index (χ3v) is 9.01. The Morgan fingerprint density at radius 2 is 1.03 bits per heavy atom. The van der Waals surface area contributed by atoms with Crippen molar-refractivity contribution < 1.29 is 21.8 Å². The van der Waals surface area contributed by atoms with Gasteiger partial charge < -0.3 is 5.73 Å². The first kappa shape index (κ1) is 27.2. The van der Waals surface area contributed by atoms with Gasteiger partial charge in [0, 0.05) is 6.07 Å². The SMILES string of the molecule is Nc1cc(S(=O)(=O)c2ccccc2)ccc1Cl.O=[N+]([O-])c1cc(S(=O)(=O)c2ccccc2)ccc1Cl. The van der Waals surface area contributed by atoms with E-state index in [2.05, 4.69) is 0 Å². The zero-order valence-corrected chi connectivity index (χ0v) is 21.4. The molecule has 0 spiro atoms. The van der Waals surface area contributed by atoms with Crippen molar-refractivity contribution in [2.45, 2.75) is 19.6 Å². The summed E-state index contributed by atoms with van der Waals surface area (Å²) in [6, 6.07) is 23.6. The maximum atomic E-state index is 12.3. The molecule has 8 nitrogen and oxygen atoms in total. The van der Waals surface area contributed by atoms with E-state index in [-0.39, 0.29) is 30.3 Å². The number of hydrogen-bond donors (Lipinski definition) is 1. The molecule has 0 radical (unpaired) electrons. The second kappa shape index (κ2) is 11.1. The summed E-state index contributed by atoms with van der Waals surface area (Å²) in [6.07, 6.45) is 0. The number of hydrogen-bond acceptors (Lipinski definition) is 7. The van der Waals surface area contributed by atoms with E-state index < -0.39 is 30.3 Å². The molecule has 0 heterocycles. The summed E-state index contributed by atoms with van der Waals surface area (Å²) < 4.78 is 48.9. The largest absolute Gasteiger partial charge is 0.397 e. The fourth-order valence-corrected chi connectivity index (χ4v) is 5.88. The van der Waals surface area contributed by atoms with Gasteiger partial charge in [0.05, 0.1) is 35.2 Å². The highest BCUT2D eigenvalue weighted by Gasteiger charge is 2.22. The summed E-state index contributed by atoms with van der Waals surface area (Å²) in [5.41, 5.74) is 5.42. The molecule has 36 heavy (non-hydrogen) atoms. The smallest absolute Gasteiger partial charge is 0.289 e. The van der Waals surface area contributed by atoms with E-state index in [0.717, 1.165) is 6.07 Å². The number of nitrogens with zero attached hydrogens (tertiary/aromatic N) is 1. The number of rotatable bonds is 5. The zero-order chi connectivity index (χ0) is 26.5. The van der Waals surface area contributed by atoms with Crippen LogP contribution in [-0.2, 0) is 19.7 Å². The van der Waals surface area contributed by atoms with Gasteiger partial charge >= 0.3 is 0 Å². The molecule has 12 heteroatoms. The lowest BCUT2D eigenvalue weighted by Gasteiger charge is -2.06. The van der Waals surface area contributed by atoms with E-state index in [0.29, 0.717) is 5.02 Å². The minimum atomic E-state index is -3.77. The van der Waals surface area contributed by atoms with Crippen LogP contribution in [0.1, 0.15) is 0 Å². The van der Waals surface area contributed by atoms with Crippen LogP contribution in [0, 0.1) is 10.1 Å². The number of nitrogens with two attached hydrogens (primary N) is 1. The number of halogens is 2.